The van der Waals surface area contributed by atoms with E-state index in [1.54, 1.807) is 26.5 Å². The van der Waals surface area contributed by atoms with E-state index < -0.39 is 35.8 Å². The summed E-state index contributed by atoms with van der Waals surface area (Å²) in [5, 5.41) is 36.1. The molecule has 1 rings (SSSR count). The number of ether oxygens (including phenoxy) is 1. The Morgan fingerprint density at radius 1 is 0.674 bits per heavy atom. The van der Waals surface area contributed by atoms with Crippen molar-refractivity contribution >= 4 is 35.6 Å². The number of carbonyl (C=O) groups excluding carboxylic acids is 3. The van der Waals surface area contributed by atoms with E-state index in [1.807, 2.05) is 0 Å². The van der Waals surface area contributed by atoms with Crippen LogP contribution in [0.5, 0.6) is 0 Å². The third-order valence-electron chi connectivity index (χ3n) is 6.66. The molecule has 1 heterocycles. The van der Waals surface area contributed by atoms with Crippen molar-refractivity contribution in [3.8, 4) is 0 Å². The lowest BCUT2D eigenvalue weighted by molar-refractivity contribution is -0.140. The number of carboxylic acid groups (broad SMARTS) is 3. The van der Waals surface area contributed by atoms with Gasteiger partial charge in [0.1, 0.15) is 6.04 Å². The van der Waals surface area contributed by atoms with Crippen molar-refractivity contribution in [2.24, 2.45) is 0 Å². The minimum Gasteiger partial charge on any atom is -0.480 e. The van der Waals surface area contributed by atoms with E-state index in [2.05, 4.69) is 16.0 Å². The third kappa shape index (κ3) is 18.0. The van der Waals surface area contributed by atoms with E-state index in [4.69, 9.17) is 4.74 Å². The summed E-state index contributed by atoms with van der Waals surface area (Å²) in [5.41, 5.74) is 0. The van der Waals surface area contributed by atoms with Crippen LogP contribution in [0.15, 0.2) is 0 Å². The summed E-state index contributed by atoms with van der Waals surface area (Å²) < 4.78 is 4.90. The lowest BCUT2D eigenvalue weighted by atomic mass is 10.1. The van der Waals surface area contributed by atoms with Gasteiger partial charge in [0, 0.05) is 79.0 Å². The standard InChI is InChI=1S/C26H47N7O10/c1-3-27-26(42)20(4-5-21(34)28-6-15-43-2)29-22(35)16-30-7-9-31(17-23(36)37)11-13-33(19-25(40)41)14-12-32(10-8-30)18-24(38)39/h20H,3-19H2,1-2H3,(H,27,42)(H,28,34)(H,29,35)(H,36,37)(H,38,39)(H,40,41)/t20-/m1/s1. The number of likely N-dealkylation sites (N-methyl/N-ethyl adjacent to an activating group) is 1. The number of aliphatic carboxylic acids is 3. The van der Waals surface area contributed by atoms with Gasteiger partial charge in [-0.05, 0) is 13.3 Å². The Hall–Kier alpha value is -3.38. The van der Waals surface area contributed by atoms with Gasteiger partial charge >= 0.3 is 17.9 Å². The molecule has 1 aliphatic heterocycles. The maximum atomic E-state index is 13.1. The van der Waals surface area contributed by atoms with Crippen LogP contribution in [0.3, 0.4) is 0 Å². The number of methoxy groups -OCH3 is 1. The van der Waals surface area contributed by atoms with Gasteiger partial charge in [-0.2, -0.15) is 0 Å². The van der Waals surface area contributed by atoms with Gasteiger partial charge in [0.15, 0.2) is 0 Å². The van der Waals surface area contributed by atoms with Crippen LogP contribution in [0.25, 0.3) is 0 Å². The van der Waals surface area contributed by atoms with Gasteiger partial charge in [-0.15, -0.1) is 0 Å². The van der Waals surface area contributed by atoms with Gasteiger partial charge in [-0.3, -0.25) is 48.4 Å². The van der Waals surface area contributed by atoms with Crippen LogP contribution in [-0.2, 0) is 33.5 Å². The van der Waals surface area contributed by atoms with Crippen LogP contribution >= 0.6 is 0 Å². The number of nitrogens with zero attached hydrogens (tertiary/aromatic N) is 4. The fourth-order valence-electron chi connectivity index (χ4n) is 4.45. The van der Waals surface area contributed by atoms with Crippen molar-refractivity contribution in [2.75, 3.05) is 105 Å². The number of rotatable bonds is 17. The van der Waals surface area contributed by atoms with E-state index in [0.29, 0.717) is 19.7 Å². The van der Waals surface area contributed by atoms with E-state index in [0.717, 1.165) is 0 Å². The number of hydrogen-bond donors (Lipinski definition) is 6. The Labute approximate surface area is 251 Å². The van der Waals surface area contributed by atoms with Crippen LogP contribution < -0.4 is 16.0 Å². The molecule has 3 amide bonds. The van der Waals surface area contributed by atoms with Crippen LogP contribution in [0, 0.1) is 0 Å². The molecule has 1 fully saturated rings. The molecule has 43 heavy (non-hydrogen) atoms. The topological polar surface area (TPSA) is 221 Å². The van der Waals surface area contributed by atoms with E-state index >= 15 is 0 Å². The maximum Gasteiger partial charge on any atom is 0.317 e. The highest BCUT2D eigenvalue weighted by Gasteiger charge is 2.24. The molecule has 0 unspecified atom stereocenters. The molecule has 0 bridgehead atoms. The first-order valence-corrected chi connectivity index (χ1v) is 14.3. The first-order chi connectivity index (χ1) is 20.4. The van der Waals surface area contributed by atoms with Crippen molar-refractivity contribution in [1.29, 1.82) is 0 Å². The first kappa shape index (κ1) is 37.6. The average Bonchev–Trinajstić information content (AvgIpc) is 2.91. The summed E-state index contributed by atoms with van der Waals surface area (Å²) in [5.74, 6) is -4.35. The lowest BCUT2D eigenvalue weighted by Gasteiger charge is -2.33. The predicted octanol–water partition coefficient (Wildman–Crippen LogP) is -3.37. The highest BCUT2D eigenvalue weighted by atomic mass is 16.5. The van der Waals surface area contributed by atoms with Crippen molar-refractivity contribution in [1.82, 2.24) is 35.6 Å². The molecule has 17 nitrogen and oxygen atoms in total. The Morgan fingerprint density at radius 2 is 1.09 bits per heavy atom. The highest BCUT2D eigenvalue weighted by Crippen LogP contribution is 2.03. The zero-order valence-corrected chi connectivity index (χ0v) is 25.1. The molecular weight excluding hydrogens is 570 g/mol. The molecule has 0 spiro atoms. The van der Waals surface area contributed by atoms with Crippen LogP contribution in [-0.4, -0.2) is 182 Å². The van der Waals surface area contributed by atoms with Crippen LogP contribution in [0.4, 0.5) is 0 Å². The van der Waals surface area contributed by atoms with Crippen molar-refractivity contribution in [3.63, 3.8) is 0 Å². The molecule has 17 heteroatoms. The van der Waals surface area contributed by atoms with Crippen LogP contribution in [0.1, 0.15) is 19.8 Å². The number of carbonyl (C=O) groups is 6. The third-order valence-corrected chi connectivity index (χ3v) is 6.66. The zero-order valence-electron chi connectivity index (χ0n) is 25.1. The molecule has 0 aromatic carbocycles. The summed E-state index contributed by atoms with van der Waals surface area (Å²) in [4.78, 5) is 78.8. The summed E-state index contributed by atoms with van der Waals surface area (Å²) in [7, 11) is 1.51. The fraction of sp³-hybridized carbons (Fsp3) is 0.769. The molecule has 1 aliphatic rings. The van der Waals surface area contributed by atoms with Gasteiger partial charge in [-0.1, -0.05) is 0 Å². The second-order valence-electron chi connectivity index (χ2n) is 10.2. The lowest BCUT2D eigenvalue weighted by Crippen LogP contribution is -2.52. The Bertz CT molecular complexity index is 891. The molecule has 0 aliphatic carbocycles. The fourth-order valence-corrected chi connectivity index (χ4v) is 4.45. The monoisotopic (exact) mass is 617 g/mol. The Balaban J connectivity index is 2.99. The molecule has 246 valence electrons. The SMILES string of the molecule is CCNC(=O)[C@@H](CCC(=O)NCCOC)NC(=O)CN1CCN(CC(=O)O)CCN(CC(=O)O)CCN(CC(=O)O)CC1. The van der Waals surface area contributed by atoms with E-state index in [9.17, 15) is 44.1 Å². The minimum absolute atomic E-state index is 0.00268. The Morgan fingerprint density at radius 3 is 1.47 bits per heavy atom. The summed E-state index contributed by atoms with van der Waals surface area (Å²) in [6, 6.07) is -0.958. The van der Waals surface area contributed by atoms with Crippen LogP contribution in [0.2, 0.25) is 0 Å². The molecule has 0 aromatic rings. The zero-order chi connectivity index (χ0) is 32.2. The molecular formula is C26H47N7O10. The number of amides is 3. The largest absolute Gasteiger partial charge is 0.480 e. The van der Waals surface area contributed by atoms with Crippen molar-refractivity contribution in [2.45, 2.75) is 25.8 Å². The minimum atomic E-state index is -1.05. The number of hydrogen-bond acceptors (Lipinski definition) is 11. The van der Waals surface area contributed by atoms with E-state index in [1.165, 1.54) is 7.11 Å². The van der Waals surface area contributed by atoms with Crippen molar-refractivity contribution < 1.29 is 48.8 Å². The predicted molar refractivity (Wildman–Crippen MR) is 153 cm³/mol. The van der Waals surface area contributed by atoms with E-state index in [-0.39, 0.29) is 97.3 Å². The maximum absolute atomic E-state index is 13.1. The molecule has 0 radical (unpaired) electrons. The average molecular weight is 618 g/mol. The molecule has 6 N–H and O–H groups in total. The highest BCUT2D eigenvalue weighted by molar-refractivity contribution is 5.89. The van der Waals surface area contributed by atoms with Gasteiger partial charge in [0.2, 0.25) is 17.7 Å². The molecule has 0 saturated carbocycles. The number of carboxylic acids is 3. The second-order valence-corrected chi connectivity index (χ2v) is 10.2. The van der Waals surface area contributed by atoms with Gasteiger partial charge in [0.25, 0.3) is 0 Å². The van der Waals surface area contributed by atoms with Gasteiger partial charge in [0.05, 0.1) is 32.8 Å². The first-order valence-electron chi connectivity index (χ1n) is 14.3. The summed E-state index contributed by atoms with van der Waals surface area (Å²) in [6.45, 7) is 3.79. The molecule has 0 aromatic heterocycles. The summed E-state index contributed by atoms with van der Waals surface area (Å²) in [6.07, 6.45) is 0.0741. The summed E-state index contributed by atoms with van der Waals surface area (Å²) >= 11 is 0. The number of nitrogens with one attached hydrogen (secondary N) is 3. The second kappa shape index (κ2) is 21.3. The molecule has 1 atom stereocenters. The van der Waals surface area contributed by atoms with Gasteiger partial charge < -0.3 is 36.0 Å². The smallest absolute Gasteiger partial charge is 0.317 e. The Kier molecular flexibility index (Phi) is 18.7. The van der Waals surface area contributed by atoms with Gasteiger partial charge in [-0.25, -0.2) is 0 Å². The molecule has 1 saturated heterocycles. The quantitative estimate of drug-likeness (QED) is 0.0878. The normalized spacial score (nSPS) is 17.2. The van der Waals surface area contributed by atoms with Crippen molar-refractivity contribution in [3.05, 3.63) is 0 Å².